The molecular formula is C7H13NOS. The van der Waals surface area contributed by atoms with Gasteiger partial charge in [0.05, 0.1) is 6.04 Å². The molecule has 1 unspecified atom stereocenters. The summed E-state index contributed by atoms with van der Waals surface area (Å²) < 4.78 is 0. The van der Waals surface area contributed by atoms with E-state index in [-0.39, 0.29) is 11.8 Å². The van der Waals surface area contributed by atoms with Crippen LogP contribution in [0.3, 0.4) is 0 Å². The first-order valence-electron chi connectivity index (χ1n) is 3.13. The minimum absolute atomic E-state index is 0.0524. The van der Waals surface area contributed by atoms with Crippen LogP contribution < -0.4 is 5.73 Å². The lowest BCUT2D eigenvalue weighted by molar-refractivity contribution is -0.117. The van der Waals surface area contributed by atoms with Crippen LogP contribution in [0.2, 0.25) is 0 Å². The van der Waals surface area contributed by atoms with E-state index in [1.807, 2.05) is 0 Å². The maximum Gasteiger partial charge on any atom is 0.147 e. The quantitative estimate of drug-likeness (QED) is 0.477. The van der Waals surface area contributed by atoms with Gasteiger partial charge >= 0.3 is 0 Å². The predicted molar refractivity (Wildman–Crippen MR) is 46.2 cm³/mol. The first-order valence-corrected chi connectivity index (χ1v) is 4.28. The number of ketones is 1. The molecular weight excluding hydrogens is 146 g/mol. The van der Waals surface area contributed by atoms with Gasteiger partial charge < -0.3 is 5.73 Å². The Labute approximate surface area is 65.9 Å². The molecule has 0 saturated carbocycles. The summed E-state index contributed by atoms with van der Waals surface area (Å²) in [5.41, 5.74) is 5.45. The second-order valence-corrected chi connectivity index (χ2v) is 3.12. The molecule has 0 aliphatic rings. The highest BCUT2D eigenvalue weighted by atomic mass is 32.2. The highest BCUT2D eigenvalue weighted by Crippen LogP contribution is 2.01. The van der Waals surface area contributed by atoms with Crippen LogP contribution in [0.15, 0.2) is 12.7 Å². The molecule has 0 aliphatic carbocycles. The van der Waals surface area contributed by atoms with E-state index in [0.717, 1.165) is 5.75 Å². The molecule has 0 aliphatic heterocycles. The normalized spacial score (nSPS) is 12.6. The van der Waals surface area contributed by atoms with Gasteiger partial charge in [-0.15, -0.1) is 6.58 Å². The smallest absolute Gasteiger partial charge is 0.147 e. The van der Waals surface area contributed by atoms with E-state index >= 15 is 0 Å². The first-order chi connectivity index (χ1) is 4.68. The molecule has 0 bridgehead atoms. The second kappa shape index (κ2) is 5.50. The maximum atomic E-state index is 10.6. The lowest BCUT2D eigenvalue weighted by Gasteiger charge is -2.04. The summed E-state index contributed by atoms with van der Waals surface area (Å²) in [6.45, 7) is 5.07. The van der Waals surface area contributed by atoms with Crippen LogP contribution >= 0.6 is 11.8 Å². The van der Waals surface area contributed by atoms with Gasteiger partial charge in [0.1, 0.15) is 5.78 Å². The largest absolute Gasteiger partial charge is 0.321 e. The fourth-order valence-corrected chi connectivity index (χ4v) is 1.19. The van der Waals surface area contributed by atoms with Crippen molar-refractivity contribution in [2.24, 2.45) is 5.73 Å². The average Bonchev–Trinajstić information content (AvgIpc) is 1.88. The lowest BCUT2D eigenvalue weighted by atomic mass is 10.3. The van der Waals surface area contributed by atoms with Crippen LogP contribution in [0.25, 0.3) is 0 Å². The number of carbonyl (C=O) groups excluding carboxylic acids is 1. The van der Waals surface area contributed by atoms with Gasteiger partial charge in [-0.25, -0.2) is 0 Å². The fourth-order valence-electron chi connectivity index (χ4n) is 0.396. The van der Waals surface area contributed by atoms with Gasteiger partial charge in [0.25, 0.3) is 0 Å². The average molecular weight is 159 g/mol. The van der Waals surface area contributed by atoms with Crippen molar-refractivity contribution in [3.05, 3.63) is 12.7 Å². The molecule has 0 heterocycles. The standard InChI is InChI=1S/C7H13NOS/c1-3-4-10-5-7(8)6(2)9/h3,7H,1,4-5,8H2,2H3. The maximum absolute atomic E-state index is 10.6. The number of thioether (sulfide) groups is 1. The minimum atomic E-state index is -0.301. The van der Waals surface area contributed by atoms with Gasteiger partial charge in [0.2, 0.25) is 0 Å². The van der Waals surface area contributed by atoms with Crippen molar-refractivity contribution in [1.82, 2.24) is 0 Å². The van der Waals surface area contributed by atoms with Crippen LogP contribution in [0.1, 0.15) is 6.92 Å². The predicted octanol–water partition coefficient (Wildman–Crippen LogP) is 0.822. The number of carbonyl (C=O) groups is 1. The number of rotatable bonds is 5. The molecule has 2 N–H and O–H groups in total. The summed E-state index contributed by atoms with van der Waals surface area (Å²) in [4.78, 5) is 10.6. The molecule has 10 heavy (non-hydrogen) atoms. The Hall–Kier alpha value is -0.280. The highest BCUT2D eigenvalue weighted by molar-refractivity contribution is 7.99. The molecule has 0 rings (SSSR count). The molecule has 0 aromatic heterocycles. The number of nitrogens with two attached hydrogens (primary N) is 1. The Morgan fingerprint density at radius 3 is 2.90 bits per heavy atom. The van der Waals surface area contributed by atoms with E-state index in [1.165, 1.54) is 6.92 Å². The van der Waals surface area contributed by atoms with Crippen LogP contribution in [0.4, 0.5) is 0 Å². The Kier molecular flexibility index (Phi) is 5.35. The van der Waals surface area contributed by atoms with Crippen LogP contribution in [0.5, 0.6) is 0 Å². The zero-order chi connectivity index (χ0) is 7.98. The van der Waals surface area contributed by atoms with Crippen molar-refractivity contribution in [3.63, 3.8) is 0 Å². The van der Waals surface area contributed by atoms with Crippen LogP contribution in [-0.2, 0) is 4.79 Å². The summed E-state index contributed by atoms with van der Waals surface area (Å²) in [5, 5.41) is 0. The van der Waals surface area contributed by atoms with E-state index in [1.54, 1.807) is 17.8 Å². The summed E-state index contributed by atoms with van der Waals surface area (Å²) in [5.74, 6) is 1.61. The van der Waals surface area contributed by atoms with Gasteiger partial charge in [0.15, 0.2) is 0 Å². The SMILES string of the molecule is C=CCSCC(N)C(C)=O. The summed E-state index contributed by atoms with van der Waals surface area (Å²) >= 11 is 1.63. The van der Waals surface area contributed by atoms with E-state index in [2.05, 4.69) is 6.58 Å². The molecule has 0 spiro atoms. The Bertz CT molecular complexity index is 125. The third kappa shape index (κ3) is 4.58. The Morgan fingerprint density at radius 2 is 2.50 bits per heavy atom. The van der Waals surface area contributed by atoms with Crippen molar-refractivity contribution in [2.75, 3.05) is 11.5 Å². The zero-order valence-electron chi connectivity index (χ0n) is 6.17. The van der Waals surface area contributed by atoms with Gasteiger partial charge in [-0.05, 0) is 6.92 Å². The van der Waals surface area contributed by atoms with Crippen LogP contribution in [0, 0.1) is 0 Å². The fraction of sp³-hybridized carbons (Fsp3) is 0.571. The molecule has 0 aromatic carbocycles. The summed E-state index contributed by atoms with van der Waals surface area (Å²) in [6.07, 6.45) is 1.80. The monoisotopic (exact) mass is 159 g/mol. The van der Waals surface area contributed by atoms with Gasteiger partial charge in [0, 0.05) is 11.5 Å². The van der Waals surface area contributed by atoms with Crippen molar-refractivity contribution in [1.29, 1.82) is 0 Å². The second-order valence-electron chi connectivity index (χ2n) is 2.04. The van der Waals surface area contributed by atoms with Crippen molar-refractivity contribution >= 4 is 17.5 Å². The van der Waals surface area contributed by atoms with Gasteiger partial charge in [-0.3, -0.25) is 4.79 Å². The van der Waals surface area contributed by atoms with Crippen molar-refractivity contribution < 1.29 is 4.79 Å². The van der Waals surface area contributed by atoms with E-state index in [0.29, 0.717) is 5.75 Å². The van der Waals surface area contributed by atoms with Crippen molar-refractivity contribution in [2.45, 2.75) is 13.0 Å². The molecule has 2 nitrogen and oxygen atoms in total. The summed E-state index contributed by atoms with van der Waals surface area (Å²) in [7, 11) is 0. The molecule has 0 amide bonds. The Morgan fingerprint density at radius 1 is 1.90 bits per heavy atom. The third-order valence-electron chi connectivity index (χ3n) is 1.06. The highest BCUT2D eigenvalue weighted by Gasteiger charge is 2.05. The van der Waals surface area contributed by atoms with Crippen LogP contribution in [-0.4, -0.2) is 23.3 Å². The molecule has 1 atom stereocenters. The van der Waals surface area contributed by atoms with E-state index in [4.69, 9.17) is 5.73 Å². The summed E-state index contributed by atoms with van der Waals surface area (Å²) in [6, 6.07) is -0.301. The van der Waals surface area contributed by atoms with Gasteiger partial charge in [-0.2, -0.15) is 11.8 Å². The lowest BCUT2D eigenvalue weighted by Crippen LogP contribution is -2.30. The molecule has 0 radical (unpaired) electrons. The first kappa shape index (κ1) is 9.72. The molecule has 3 heteroatoms. The molecule has 0 aromatic rings. The van der Waals surface area contributed by atoms with Gasteiger partial charge in [-0.1, -0.05) is 6.08 Å². The topological polar surface area (TPSA) is 43.1 Å². The Balaban J connectivity index is 3.30. The van der Waals surface area contributed by atoms with Crippen molar-refractivity contribution in [3.8, 4) is 0 Å². The molecule has 0 saturated heterocycles. The number of Topliss-reactive ketones (excluding diaryl/α,β-unsaturated/α-hetero) is 1. The minimum Gasteiger partial charge on any atom is -0.321 e. The van der Waals surface area contributed by atoms with E-state index in [9.17, 15) is 4.79 Å². The third-order valence-corrected chi connectivity index (χ3v) is 2.12. The number of hydrogen-bond acceptors (Lipinski definition) is 3. The zero-order valence-corrected chi connectivity index (χ0v) is 6.99. The molecule has 0 fully saturated rings. The number of hydrogen-bond donors (Lipinski definition) is 1. The van der Waals surface area contributed by atoms with E-state index < -0.39 is 0 Å². The molecule has 58 valence electrons.